The summed E-state index contributed by atoms with van der Waals surface area (Å²) >= 11 is 3.51. The number of nitrogens with zero attached hydrogens (tertiary/aromatic N) is 3. The fourth-order valence-corrected chi connectivity index (χ4v) is 4.59. The fourth-order valence-electron chi connectivity index (χ4n) is 4.33. The minimum absolute atomic E-state index is 0.739. The monoisotopic (exact) mass is 457 g/mol. The lowest BCUT2D eigenvalue weighted by molar-refractivity contribution is 0.403. The minimum atomic E-state index is 0.739. The van der Waals surface area contributed by atoms with Crippen molar-refractivity contribution < 1.29 is 0 Å². The first-order valence-electron chi connectivity index (χ1n) is 10.6. The first-order chi connectivity index (χ1) is 14.8. The molecular formula is C26H24BrN3. The molecule has 0 radical (unpaired) electrons. The fraction of sp³-hybridized carbons (Fsp3) is 0.231. The lowest BCUT2D eigenvalue weighted by Crippen LogP contribution is -2.35. The van der Waals surface area contributed by atoms with Gasteiger partial charge < -0.3 is 4.90 Å². The summed E-state index contributed by atoms with van der Waals surface area (Å²) in [5.74, 6) is 2.60. The summed E-state index contributed by atoms with van der Waals surface area (Å²) in [6.45, 7) is 2.08. The van der Waals surface area contributed by atoms with Crippen LogP contribution in [0.4, 0.5) is 5.82 Å². The maximum absolute atomic E-state index is 5.03. The van der Waals surface area contributed by atoms with Crippen LogP contribution in [0.2, 0.25) is 0 Å². The molecule has 4 heteroatoms. The zero-order chi connectivity index (χ0) is 20.3. The number of aromatic nitrogens is 2. The number of fused-ring (bicyclic) bond motifs is 1. The summed E-state index contributed by atoms with van der Waals surface area (Å²) in [6, 6.07) is 27.5. The van der Waals surface area contributed by atoms with E-state index in [2.05, 4.69) is 87.6 Å². The topological polar surface area (TPSA) is 29.0 Å². The molecule has 1 aliphatic rings. The second-order valence-electron chi connectivity index (χ2n) is 8.02. The Hall–Kier alpha value is -2.72. The molecular weight excluding hydrogens is 434 g/mol. The van der Waals surface area contributed by atoms with Gasteiger partial charge in [-0.2, -0.15) is 0 Å². The van der Waals surface area contributed by atoms with E-state index in [1.807, 2.05) is 12.1 Å². The van der Waals surface area contributed by atoms with Crippen molar-refractivity contribution in [2.45, 2.75) is 19.3 Å². The Kier molecular flexibility index (Phi) is 5.50. The molecule has 30 heavy (non-hydrogen) atoms. The number of rotatable bonds is 4. The van der Waals surface area contributed by atoms with Crippen molar-refractivity contribution >= 4 is 32.7 Å². The van der Waals surface area contributed by atoms with E-state index in [0.29, 0.717) is 0 Å². The van der Waals surface area contributed by atoms with Gasteiger partial charge in [0.2, 0.25) is 0 Å². The number of halogens is 1. The first-order valence-corrected chi connectivity index (χ1v) is 11.4. The van der Waals surface area contributed by atoms with Crippen molar-refractivity contribution in [2.75, 3.05) is 18.0 Å². The quantitative estimate of drug-likeness (QED) is 0.349. The highest BCUT2D eigenvalue weighted by Crippen LogP contribution is 2.31. The van der Waals surface area contributed by atoms with Gasteiger partial charge in [-0.15, -0.1) is 0 Å². The lowest BCUT2D eigenvalue weighted by atomic mass is 9.90. The van der Waals surface area contributed by atoms with Crippen molar-refractivity contribution in [3.8, 4) is 11.4 Å². The summed E-state index contributed by atoms with van der Waals surface area (Å²) in [6.07, 6.45) is 3.56. The molecule has 2 heterocycles. The molecule has 0 atom stereocenters. The van der Waals surface area contributed by atoms with Crippen LogP contribution in [0.15, 0.2) is 83.3 Å². The number of hydrogen-bond donors (Lipinski definition) is 0. The highest BCUT2D eigenvalue weighted by atomic mass is 79.9. The lowest BCUT2D eigenvalue weighted by Gasteiger charge is -2.33. The van der Waals surface area contributed by atoms with Gasteiger partial charge in [0, 0.05) is 28.5 Å². The molecule has 0 N–H and O–H groups in total. The Bertz CT molecular complexity index is 1130. The minimum Gasteiger partial charge on any atom is -0.356 e. The molecule has 3 nitrogen and oxygen atoms in total. The molecule has 150 valence electrons. The van der Waals surface area contributed by atoms with E-state index in [1.54, 1.807) is 0 Å². The van der Waals surface area contributed by atoms with Crippen LogP contribution in [0.5, 0.6) is 0 Å². The Labute approximate surface area is 185 Å². The van der Waals surface area contributed by atoms with Crippen LogP contribution in [0.3, 0.4) is 0 Å². The van der Waals surface area contributed by atoms with Gasteiger partial charge in [-0.25, -0.2) is 9.97 Å². The van der Waals surface area contributed by atoms with E-state index in [-0.39, 0.29) is 0 Å². The normalized spacial score (nSPS) is 14.9. The average Bonchev–Trinajstić information content (AvgIpc) is 2.80. The molecule has 1 aliphatic heterocycles. The van der Waals surface area contributed by atoms with Crippen LogP contribution in [-0.2, 0) is 6.42 Å². The van der Waals surface area contributed by atoms with Crippen LogP contribution in [0.25, 0.3) is 22.3 Å². The van der Waals surface area contributed by atoms with Gasteiger partial charge >= 0.3 is 0 Å². The summed E-state index contributed by atoms with van der Waals surface area (Å²) < 4.78 is 1.06. The standard InChI is InChI=1S/C26H24BrN3/c27-22-12-10-21(11-13-22)25-28-24-9-5-4-8-23(24)26(29-25)30-16-14-20(15-17-30)18-19-6-2-1-3-7-19/h1-13,20H,14-18H2. The zero-order valence-corrected chi connectivity index (χ0v) is 18.4. The molecule has 1 aromatic heterocycles. The highest BCUT2D eigenvalue weighted by Gasteiger charge is 2.23. The molecule has 0 unspecified atom stereocenters. The van der Waals surface area contributed by atoms with Crippen molar-refractivity contribution in [1.29, 1.82) is 0 Å². The molecule has 0 amide bonds. The smallest absolute Gasteiger partial charge is 0.162 e. The van der Waals surface area contributed by atoms with E-state index in [4.69, 9.17) is 9.97 Å². The molecule has 0 spiro atoms. The van der Waals surface area contributed by atoms with Gasteiger partial charge in [0.05, 0.1) is 5.52 Å². The van der Waals surface area contributed by atoms with Crippen molar-refractivity contribution in [2.24, 2.45) is 5.92 Å². The van der Waals surface area contributed by atoms with Gasteiger partial charge in [0.25, 0.3) is 0 Å². The van der Waals surface area contributed by atoms with Gasteiger partial charge in [-0.1, -0.05) is 70.5 Å². The SMILES string of the molecule is Brc1ccc(-c2nc(N3CCC(Cc4ccccc4)CC3)c3ccccc3n2)cc1. The summed E-state index contributed by atoms with van der Waals surface area (Å²) in [7, 11) is 0. The maximum Gasteiger partial charge on any atom is 0.162 e. The Morgan fingerprint density at radius 1 is 0.800 bits per heavy atom. The second kappa shape index (κ2) is 8.57. The molecule has 4 aromatic rings. The number of para-hydroxylation sites is 1. The third-order valence-electron chi connectivity index (χ3n) is 5.97. The number of piperidine rings is 1. The van der Waals surface area contributed by atoms with Crippen LogP contribution >= 0.6 is 15.9 Å². The van der Waals surface area contributed by atoms with E-state index < -0.39 is 0 Å². The van der Waals surface area contributed by atoms with E-state index in [1.165, 1.54) is 24.8 Å². The van der Waals surface area contributed by atoms with Gasteiger partial charge in [0.1, 0.15) is 5.82 Å². The predicted octanol–water partition coefficient (Wildman–Crippen LogP) is 6.52. The molecule has 3 aromatic carbocycles. The Balaban J connectivity index is 1.42. The van der Waals surface area contributed by atoms with Crippen LogP contribution in [0.1, 0.15) is 18.4 Å². The highest BCUT2D eigenvalue weighted by molar-refractivity contribution is 9.10. The molecule has 1 saturated heterocycles. The molecule has 5 rings (SSSR count). The average molecular weight is 458 g/mol. The third kappa shape index (κ3) is 4.10. The molecule has 0 bridgehead atoms. The van der Waals surface area contributed by atoms with Crippen molar-refractivity contribution in [3.63, 3.8) is 0 Å². The largest absolute Gasteiger partial charge is 0.356 e. The van der Waals surface area contributed by atoms with E-state index in [9.17, 15) is 0 Å². The van der Waals surface area contributed by atoms with Crippen molar-refractivity contribution in [3.05, 3.63) is 88.9 Å². The van der Waals surface area contributed by atoms with Gasteiger partial charge in [0.15, 0.2) is 5.82 Å². The second-order valence-corrected chi connectivity index (χ2v) is 8.93. The zero-order valence-electron chi connectivity index (χ0n) is 16.8. The van der Waals surface area contributed by atoms with Crippen LogP contribution in [0, 0.1) is 5.92 Å². The predicted molar refractivity (Wildman–Crippen MR) is 128 cm³/mol. The van der Waals surface area contributed by atoms with Crippen LogP contribution < -0.4 is 4.90 Å². The molecule has 0 saturated carbocycles. The summed E-state index contributed by atoms with van der Waals surface area (Å²) in [4.78, 5) is 12.3. The number of anilines is 1. The molecule has 0 aliphatic carbocycles. The maximum atomic E-state index is 5.03. The van der Waals surface area contributed by atoms with E-state index in [0.717, 1.165) is 51.6 Å². The summed E-state index contributed by atoms with van der Waals surface area (Å²) in [5, 5.41) is 1.14. The van der Waals surface area contributed by atoms with Gasteiger partial charge in [-0.3, -0.25) is 0 Å². The Morgan fingerprint density at radius 3 is 2.27 bits per heavy atom. The number of hydrogen-bond acceptors (Lipinski definition) is 3. The first kappa shape index (κ1) is 19.3. The molecule has 1 fully saturated rings. The number of benzene rings is 3. The van der Waals surface area contributed by atoms with E-state index >= 15 is 0 Å². The Morgan fingerprint density at radius 2 is 1.50 bits per heavy atom. The third-order valence-corrected chi connectivity index (χ3v) is 6.50. The van der Waals surface area contributed by atoms with Gasteiger partial charge in [-0.05, 0) is 55.0 Å². The van der Waals surface area contributed by atoms with Crippen molar-refractivity contribution in [1.82, 2.24) is 9.97 Å². The van der Waals surface area contributed by atoms with Crippen LogP contribution in [-0.4, -0.2) is 23.1 Å². The summed E-state index contributed by atoms with van der Waals surface area (Å²) in [5.41, 5.74) is 3.50.